The van der Waals surface area contributed by atoms with Crippen LogP contribution in [0.2, 0.25) is 0 Å². The highest BCUT2D eigenvalue weighted by Gasteiger charge is 2.30. The molecule has 20 heavy (non-hydrogen) atoms. The fourth-order valence-corrected chi connectivity index (χ4v) is 3.34. The van der Waals surface area contributed by atoms with Crippen molar-refractivity contribution in [2.45, 2.75) is 71.6 Å². The SMILES string of the molecule is CC(C)NC(C)(CO)CC(C)N1CCN(C(C)C)CC1. The van der Waals surface area contributed by atoms with E-state index < -0.39 is 0 Å². The molecule has 0 radical (unpaired) electrons. The lowest BCUT2D eigenvalue weighted by Gasteiger charge is -2.42. The number of nitrogens with one attached hydrogen (secondary N) is 1. The van der Waals surface area contributed by atoms with Gasteiger partial charge in [0.1, 0.15) is 0 Å². The summed E-state index contributed by atoms with van der Waals surface area (Å²) in [7, 11) is 0. The second-order valence-electron chi connectivity index (χ2n) is 7.24. The Morgan fingerprint density at radius 1 is 1.00 bits per heavy atom. The van der Waals surface area contributed by atoms with Gasteiger partial charge in [-0.15, -0.1) is 0 Å². The maximum Gasteiger partial charge on any atom is 0.0611 e. The van der Waals surface area contributed by atoms with Gasteiger partial charge in [0, 0.05) is 49.8 Å². The van der Waals surface area contributed by atoms with Crippen LogP contribution >= 0.6 is 0 Å². The second kappa shape index (κ2) is 7.74. The van der Waals surface area contributed by atoms with Crippen molar-refractivity contribution in [3.8, 4) is 0 Å². The van der Waals surface area contributed by atoms with Crippen LogP contribution in [-0.2, 0) is 0 Å². The van der Waals surface area contributed by atoms with Gasteiger partial charge in [-0.05, 0) is 34.1 Å². The van der Waals surface area contributed by atoms with E-state index in [1.54, 1.807) is 0 Å². The third kappa shape index (κ3) is 5.32. The summed E-state index contributed by atoms with van der Waals surface area (Å²) in [6.07, 6.45) is 0.989. The molecule has 2 atom stereocenters. The van der Waals surface area contributed by atoms with Gasteiger partial charge in [-0.2, -0.15) is 0 Å². The molecule has 120 valence electrons. The number of hydrogen-bond acceptors (Lipinski definition) is 4. The van der Waals surface area contributed by atoms with E-state index in [-0.39, 0.29) is 12.1 Å². The zero-order chi connectivity index (χ0) is 15.3. The van der Waals surface area contributed by atoms with Crippen LogP contribution in [0.25, 0.3) is 0 Å². The molecular weight excluding hydrogens is 250 g/mol. The topological polar surface area (TPSA) is 38.7 Å². The van der Waals surface area contributed by atoms with Crippen molar-refractivity contribution in [3.63, 3.8) is 0 Å². The van der Waals surface area contributed by atoms with E-state index in [4.69, 9.17) is 0 Å². The third-order valence-electron chi connectivity index (χ3n) is 4.43. The van der Waals surface area contributed by atoms with Crippen LogP contribution in [-0.4, -0.2) is 71.4 Å². The van der Waals surface area contributed by atoms with E-state index in [2.05, 4.69) is 56.7 Å². The summed E-state index contributed by atoms with van der Waals surface area (Å²) in [4.78, 5) is 5.11. The maximum absolute atomic E-state index is 9.71. The molecule has 1 aliphatic rings. The lowest BCUT2D eigenvalue weighted by Crippen LogP contribution is -2.56. The molecule has 2 N–H and O–H groups in total. The quantitative estimate of drug-likeness (QED) is 0.744. The first kappa shape index (κ1) is 17.9. The Balaban J connectivity index is 2.48. The molecule has 1 rings (SSSR count). The summed E-state index contributed by atoms with van der Waals surface area (Å²) < 4.78 is 0. The van der Waals surface area contributed by atoms with Gasteiger partial charge in [-0.1, -0.05) is 13.8 Å². The molecule has 1 aliphatic heterocycles. The molecule has 0 aromatic carbocycles. The monoisotopic (exact) mass is 285 g/mol. The zero-order valence-corrected chi connectivity index (χ0v) is 14.3. The summed E-state index contributed by atoms with van der Waals surface area (Å²) in [6, 6.07) is 1.56. The number of nitrogens with zero attached hydrogens (tertiary/aromatic N) is 2. The summed E-state index contributed by atoms with van der Waals surface area (Å²) in [5, 5.41) is 13.2. The minimum absolute atomic E-state index is 0.178. The standard InChI is InChI=1S/C16H35N3O/c1-13(2)17-16(6,12-20)11-15(5)19-9-7-18(8-10-19)14(3)4/h13-15,17,20H,7-12H2,1-6H3. The molecular formula is C16H35N3O. The number of aliphatic hydroxyl groups is 1. The molecule has 0 amide bonds. The van der Waals surface area contributed by atoms with E-state index in [9.17, 15) is 5.11 Å². The number of rotatable bonds is 7. The van der Waals surface area contributed by atoms with Crippen molar-refractivity contribution < 1.29 is 5.11 Å². The van der Waals surface area contributed by atoms with E-state index in [1.807, 2.05) is 0 Å². The van der Waals surface area contributed by atoms with Crippen LogP contribution in [0.3, 0.4) is 0 Å². The highest BCUT2D eigenvalue weighted by molar-refractivity contribution is 4.89. The molecule has 0 spiro atoms. The van der Waals surface area contributed by atoms with Crippen LogP contribution in [0.1, 0.15) is 48.0 Å². The molecule has 4 heteroatoms. The minimum atomic E-state index is -0.178. The van der Waals surface area contributed by atoms with Crippen LogP contribution in [0.4, 0.5) is 0 Å². The lowest BCUT2D eigenvalue weighted by molar-refractivity contribution is 0.0583. The molecule has 2 unspecified atom stereocenters. The fraction of sp³-hybridized carbons (Fsp3) is 1.00. The van der Waals surface area contributed by atoms with E-state index >= 15 is 0 Å². The van der Waals surface area contributed by atoms with Gasteiger partial charge >= 0.3 is 0 Å². The number of aliphatic hydroxyl groups excluding tert-OH is 1. The fourth-order valence-electron chi connectivity index (χ4n) is 3.34. The van der Waals surface area contributed by atoms with Crippen molar-refractivity contribution in [3.05, 3.63) is 0 Å². The predicted octanol–water partition coefficient (Wildman–Crippen LogP) is 1.54. The Morgan fingerprint density at radius 2 is 1.50 bits per heavy atom. The average molecular weight is 285 g/mol. The molecule has 0 aromatic rings. The van der Waals surface area contributed by atoms with Gasteiger partial charge in [0.05, 0.1) is 6.61 Å². The molecule has 1 saturated heterocycles. The van der Waals surface area contributed by atoms with Gasteiger partial charge in [0.25, 0.3) is 0 Å². The van der Waals surface area contributed by atoms with Gasteiger partial charge in [0.2, 0.25) is 0 Å². The summed E-state index contributed by atoms with van der Waals surface area (Å²) in [6.45, 7) is 18.1. The molecule has 0 saturated carbocycles. The largest absolute Gasteiger partial charge is 0.394 e. The van der Waals surface area contributed by atoms with Crippen molar-refractivity contribution in [1.82, 2.24) is 15.1 Å². The smallest absolute Gasteiger partial charge is 0.0611 e. The first-order valence-electron chi connectivity index (χ1n) is 8.14. The Morgan fingerprint density at radius 3 is 1.90 bits per heavy atom. The Bertz CT molecular complexity index is 275. The van der Waals surface area contributed by atoms with Gasteiger partial charge in [0.15, 0.2) is 0 Å². The van der Waals surface area contributed by atoms with Gasteiger partial charge in [-0.25, -0.2) is 0 Å². The summed E-state index contributed by atoms with van der Waals surface area (Å²) >= 11 is 0. The molecule has 1 heterocycles. The highest BCUT2D eigenvalue weighted by Crippen LogP contribution is 2.19. The van der Waals surface area contributed by atoms with Crippen LogP contribution in [0.15, 0.2) is 0 Å². The average Bonchev–Trinajstić information content (AvgIpc) is 2.37. The molecule has 0 bridgehead atoms. The summed E-state index contributed by atoms with van der Waals surface area (Å²) in [5.74, 6) is 0. The predicted molar refractivity (Wildman–Crippen MR) is 86.1 cm³/mol. The first-order valence-corrected chi connectivity index (χ1v) is 8.14. The third-order valence-corrected chi connectivity index (χ3v) is 4.43. The molecule has 0 aliphatic carbocycles. The minimum Gasteiger partial charge on any atom is -0.394 e. The van der Waals surface area contributed by atoms with Crippen LogP contribution in [0.5, 0.6) is 0 Å². The lowest BCUT2D eigenvalue weighted by atomic mass is 9.92. The van der Waals surface area contributed by atoms with Crippen LogP contribution < -0.4 is 5.32 Å². The maximum atomic E-state index is 9.71. The number of piperazine rings is 1. The van der Waals surface area contributed by atoms with E-state index in [0.29, 0.717) is 18.1 Å². The summed E-state index contributed by atoms with van der Waals surface area (Å²) in [5.41, 5.74) is -0.178. The van der Waals surface area contributed by atoms with Crippen molar-refractivity contribution in [2.75, 3.05) is 32.8 Å². The number of hydrogen-bond donors (Lipinski definition) is 2. The zero-order valence-electron chi connectivity index (χ0n) is 14.3. The normalized spacial score (nSPS) is 23.2. The van der Waals surface area contributed by atoms with Crippen molar-refractivity contribution in [1.29, 1.82) is 0 Å². The Hall–Kier alpha value is -0.160. The van der Waals surface area contributed by atoms with E-state index in [0.717, 1.165) is 32.6 Å². The highest BCUT2D eigenvalue weighted by atomic mass is 16.3. The Kier molecular flexibility index (Phi) is 6.92. The molecule has 4 nitrogen and oxygen atoms in total. The molecule has 1 fully saturated rings. The second-order valence-corrected chi connectivity index (χ2v) is 7.24. The van der Waals surface area contributed by atoms with Crippen molar-refractivity contribution in [2.24, 2.45) is 0 Å². The van der Waals surface area contributed by atoms with E-state index in [1.165, 1.54) is 0 Å². The first-order chi connectivity index (χ1) is 9.27. The van der Waals surface area contributed by atoms with Gasteiger partial charge in [-0.3, -0.25) is 9.80 Å². The van der Waals surface area contributed by atoms with Gasteiger partial charge < -0.3 is 10.4 Å². The molecule has 0 aromatic heterocycles. The van der Waals surface area contributed by atoms with Crippen molar-refractivity contribution >= 4 is 0 Å². The Labute approximate surface area is 125 Å². The van der Waals surface area contributed by atoms with Crippen LogP contribution in [0, 0.1) is 0 Å².